The number of carbonyl (C=O) groups excluding carboxylic acids is 2. The van der Waals surface area contributed by atoms with Gasteiger partial charge in [-0.15, -0.1) is 0 Å². The van der Waals surface area contributed by atoms with Crippen LogP contribution in [0.4, 0.5) is 5.69 Å². The van der Waals surface area contributed by atoms with Crippen LogP contribution in [0.2, 0.25) is 0 Å². The fraction of sp³-hybridized carbons (Fsp3) is 0.310. The highest BCUT2D eigenvalue weighted by Crippen LogP contribution is 2.25. The molecule has 0 aromatic heterocycles. The average Bonchev–Trinajstić information content (AvgIpc) is 2.92. The number of benzene rings is 3. The van der Waals surface area contributed by atoms with Crippen LogP contribution in [0.5, 0.6) is 5.75 Å². The molecule has 0 aliphatic heterocycles. The zero-order valence-electron chi connectivity index (χ0n) is 22.5. The number of nitrogens with one attached hydrogen (secondary N) is 1. The van der Waals surface area contributed by atoms with Crippen molar-refractivity contribution in [2.24, 2.45) is 0 Å². The van der Waals surface area contributed by atoms with Crippen molar-refractivity contribution < 1.29 is 22.7 Å². The summed E-state index contributed by atoms with van der Waals surface area (Å²) in [5, 5.41) is 2.62. The van der Waals surface area contributed by atoms with Crippen molar-refractivity contribution in [3.63, 3.8) is 0 Å². The van der Waals surface area contributed by atoms with Crippen molar-refractivity contribution >= 4 is 27.5 Å². The molecule has 202 valence electrons. The molecule has 38 heavy (non-hydrogen) atoms. The quantitative estimate of drug-likeness (QED) is 0.398. The average molecular weight is 538 g/mol. The van der Waals surface area contributed by atoms with Crippen molar-refractivity contribution in [3.8, 4) is 5.75 Å². The maximum Gasteiger partial charge on any atom is 0.264 e. The van der Waals surface area contributed by atoms with Crippen LogP contribution in [0.1, 0.15) is 30.0 Å². The van der Waals surface area contributed by atoms with E-state index in [0.29, 0.717) is 17.9 Å². The van der Waals surface area contributed by atoms with Gasteiger partial charge in [0, 0.05) is 13.6 Å². The Morgan fingerprint density at radius 2 is 1.45 bits per heavy atom. The number of amides is 2. The Kier molecular flexibility index (Phi) is 9.52. The molecule has 0 bridgehead atoms. The molecule has 0 saturated heterocycles. The van der Waals surface area contributed by atoms with E-state index in [-0.39, 0.29) is 17.3 Å². The molecule has 0 fully saturated rings. The molecular weight excluding hydrogens is 502 g/mol. The molecule has 0 saturated carbocycles. The van der Waals surface area contributed by atoms with E-state index in [2.05, 4.69) is 5.32 Å². The van der Waals surface area contributed by atoms with E-state index in [1.165, 1.54) is 24.1 Å². The first-order valence-corrected chi connectivity index (χ1v) is 13.8. The molecule has 0 aliphatic carbocycles. The maximum absolute atomic E-state index is 13.9. The van der Waals surface area contributed by atoms with Crippen LogP contribution < -0.4 is 14.4 Å². The lowest BCUT2D eigenvalue weighted by Crippen LogP contribution is -2.51. The zero-order chi connectivity index (χ0) is 27.9. The van der Waals surface area contributed by atoms with Gasteiger partial charge in [-0.1, -0.05) is 54.4 Å². The zero-order valence-corrected chi connectivity index (χ0v) is 23.3. The normalized spacial score (nSPS) is 11.9. The van der Waals surface area contributed by atoms with Gasteiger partial charge in [-0.05, 0) is 62.2 Å². The number of rotatable bonds is 11. The molecule has 3 rings (SSSR count). The summed E-state index contributed by atoms with van der Waals surface area (Å²) in [6.45, 7) is 5.25. The van der Waals surface area contributed by atoms with E-state index in [1.54, 1.807) is 55.6 Å². The van der Waals surface area contributed by atoms with Gasteiger partial charge in [0.2, 0.25) is 11.8 Å². The van der Waals surface area contributed by atoms with Crippen LogP contribution >= 0.6 is 0 Å². The fourth-order valence-electron chi connectivity index (χ4n) is 4.09. The van der Waals surface area contributed by atoms with E-state index in [9.17, 15) is 18.0 Å². The molecule has 1 atom stereocenters. The Balaban J connectivity index is 2.03. The first-order chi connectivity index (χ1) is 18.1. The van der Waals surface area contributed by atoms with Gasteiger partial charge in [0.15, 0.2) is 0 Å². The SMILES string of the molecule is CCC(C(=O)NC)N(Cc1ccc(OC)cc1)C(=O)CN(c1ccc(C)cc1)S(=O)(=O)c1ccc(C)cc1. The molecule has 0 aliphatic rings. The molecule has 0 heterocycles. The second kappa shape index (κ2) is 12.6. The molecule has 8 nitrogen and oxygen atoms in total. The summed E-state index contributed by atoms with van der Waals surface area (Å²) in [4.78, 5) is 28.2. The predicted octanol–water partition coefficient (Wildman–Crippen LogP) is 4.06. The molecule has 2 amide bonds. The summed E-state index contributed by atoms with van der Waals surface area (Å²) in [6.07, 6.45) is 0.358. The maximum atomic E-state index is 13.9. The summed E-state index contributed by atoms with van der Waals surface area (Å²) in [5.41, 5.74) is 3.02. The standard InChI is InChI=1S/C29H35N3O5S/c1-6-27(29(34)30-4)31(19-23-11-15-25(37-5)16-12-23)28(33)20-32(24-13-7-21(2)8-14-24)38(35,36)26-17-9-22(3)10-18-26/h7-18,27H,6,19-20H2,1-5H3,(H,30,34). The van der Waals surface area contributed by atoms with Crippen LogP contribution in [0.15, 0.2) is 77.7 Å². The minimum atomic E-state index is -4.08. The molecule has 0 spiro atoms. The van der Waals surface area contributed by atoms with Gasteiger partial charge in [-0.2, -0.15) is 0 Å². The Bertz CT molecular complexity index is 1340. The Morgan fingerprint density at radius 3 is 1.95 bits per heavy atom. The van der Waals surface area contributed by atoms with Gasteiger partial charge < -0.3 is 15.0 Å². The lowest BCUT2D eigenvalue weighted by molar-refractivity contribution is -0.140. The number of likely N-dealkylation sites (N-methyl/N-ethyl adjacent to an activating group) is 1. The van der Waals surface area contributed by atoms with E-state index < -0.39 is 28.5 Å². The third kappa shape index (κ3) is 6.72. The Hall–Kier alpha value is -3.85. The number of aryl methyl sites for hydroxylation is 2. The molecule has 1 N–H and O–H groups in total. The number of nitrogens with zero attached hydrogens (tertiary/aromatic N) is 2. The number of hydrogen-bond donors (Lipinski definition) is 1. The third-order valence-corrected chi connectivity index (χ3v) is 8.14. The second-order valence-electron chi connectivity index (χ2n) is 9.07. The van der Waals surface area contributed by atoms with E-state index in [0.717, 1.165) is 21.0 Å². The van der Waals surface area contributed by atoms with Crippen LogP contribution in [-0.2, 0) is 26.2 Å². The van der Waals surface area contributed by atoms with E-state index in [1.807, 2.05) is 32.9 Å². The van der Waals surface area contributed by atoms with Crippen LogP contribution in [0.25, 0.3) is 0 Å². The first-order valence-electron chi connectivity index (χ1n) is 12.4. The van der Waals surface area contributed by atoms with Gasteiger partial charge in [-0.25, -0.2) is 8.42 Å². The van der Waals surface area contributed by atoms with Gasteiger partial charge >= 0.3 is 0 Å². The van der Waals surface area contributed by atoms with Gasteiger partial charge in [0.05, 0.1) is 17.7 Å². The lowest BCUT2D eigenvalue weighted by atomic mass is 10.1. The Morgan fingerprint density at radius 1 is 0.895 bits per heavy atom. The number of methoxy groups -OCH3 is 1. The van der Waals surface area contributed by atoms with Crippen molar-refractivity contribution in [1.29, 1.82) is 0 Å². The highest BCUT2D eigenvalue weighted by atomic mass is 32.2. The number of sulfonamides is 1. The van der Waals surface area contributed by atoms with Gasteiger partial charge in [0.1, 0.15) is 18.3 Å². The van der Waals surface area contributed by atoms with Gasteiger partial charge in [0.25, 0.3) is 10.0 Å². The monoisotopic (exact) mass is 537 g/mol. The van der Waals surface area contributed by atoms with Crippen LogP contribution in [0, 0.1) is 13.8 Å². The summed E-state index contributed by atoms with van der Waals surface area (Å²) in [7, 11) is -1.00. The van der Waals surface area contributed by atoms with Crippen molar-refractivity contribution in [2.45, 2.75) is 44.7 Å². The van der Waals surface area contributed by atoms with Crippen LogP contribution in [0.3, 0.4) is 0 Å². The lowest BCUT2D eigenvalue weighted by Gasteiger charge is -2.33. The smallest absolute Gasteiger partial charge is 0.264 e. The minimum absolute atomic E-state index is 0.0801. The fourth-order valence-corrected chi connectivity index (χ4v) is 5.51. The number of ether oxygens (including phenoxy) is 1. The summed E-state index contributed by atoms with van der Waals surface area (Å²) < 4.78 is 33.9. The largest absolute Gasteiger partial charge is 0.497 e. The highest BCUT2D eigenvalue weighted by Gasteiger charge is 2.33. The molecule has 3 aromatic rings. The van der Waals surface area contributed by atoms with Crippen LogP contribution in [-0.4, -0.2) is 51.9 Å². The van der Waals surface area contributed by atoms with Gasteiger partial charge in [-0.3, -0.25) is 13.9 Å². The van der Waals surface area contributed by atoms with Crippen molar-refractivity contribution in [1.82, 2.24) is 10.2 Å². The molecule has 9 heteroatoms. The molecule has 1 unspecified atom stereocenters. The molecular formula is C29H35N3O5S. The molecule has 3 aromatic carbocycles. The molecule has 0 radical (unpaired) electrons. The number of anilines is 1. The van der Waals surface area contributed by atoms with Crippen molar-refractivity contribution in [3.05, 3.63) is 89.5 Å². The van der Waals surface area contributed by atoms with E-state index >= 15 is 0 Å². The third-order valence-electron chi connectivity index (χ3n) is 6.35. The summed E-state index contributed by atoms with van der Waals surface area (Å²) in [5.74, 6) is -0.148. The van der Waals surface area contributed by atoms with E-state index in [4.69, 9.17) is 4.74 Å². The number of carbonyl (C=O) groups is 2. The summed E-state index contributed by atoms with van der Waals surface area (Å²) in [6, 6.07) is 19.9. The minimum Gasteiger partial charge on any atom is -0.497 e. The summed E-state index contributed by atoms with van der Waals surface area (Å²) >= 11 is 0. The topological polar surface area (TPSA) is 96.0 Å². The predicted molar refractivity (Wildman–Crippen MR) is 149 cm³/mol. The highest BCUT2D eigenvalue weighted by molar-refractivity contribution is 7.92. The van der Waals surface area contributed by atoms with Crippen molar-refractivity contribution in [2.75, 3.05) is 25.0 Å². The Labute approximate surface area is 225 Å². The second-order valence-corrected chi connectivity index (χ2v) is 10.9. The number of hydrogen-bond acceptors (Lipinski definition) is 5. The first kappa shape index (κ1) is 28.7.